The molecular weight excluding hydrogens is 280 g/mol. The zero-order chi connectivity index (χ0) is 14.0. The topological polar surface area (TPSA) is 55.1 Å². The zero-order valence-corrected chi connectivity index (χ0v) is 12.5. The number of hydrogen-bond donors (Lipinski definition) is 1. The van der Waals surface area contributed by atoms with Crippen LogP contribution in [0.3, 0.4) is 0 Å². The van der Waals surface area contributed by atoms with Gasteiger partial charge in [-0.2, -0.15) is 5.10 Å². The van der Waals surface area contributed by atoms with Crippen molar-refractivity contribution in [2.24, 2.45) is 7.05 Å². The second kappa shape index (κ2) is 5.71. The number of rotatable bonds is 4. The maximum Gasteiger partial charge on any atom is 0.356 e. The largest absolute Gasteiger partial charge is 0.476 e. The van der Waals surface area contributed by atoms with E-state index < -0.39 is 5.97 Å². The van der Waals surface area contributed by atoms with Gasteiger partial charge in [0.2, 0.25) is 0 Å². The Bertz CT molecular complexity index is 623. The third kappa shape index (κ3) is 2.79. The molecule has 0 saturated heterocycles. The Kier molecular flexibility index (Phi) is 4.21. The van der Waals surface area contributed by atoms with E-state index in [2.05, 4.69) is 11.2 Å². The monoisotopic (exact) mass is 294 g/mol. The molecule has 19 heavy (non-hydrogen) atoms. The van der Waals surface area contributed by atoms with Crippen LogP contribution in [-0.4, -0.2) is 33.4 Å². The lowest BCUT2D eigenvalue weighted by Gasteiger charge is -2.09. The van der Waals surface area contributed by atoms with Crippen LogP contribution in [-0.2, 0) is 7.05 Å². The zero-order valence-electron chi connectivity index (χ0n) is 10.9. The van der Waals surface area contributed by atoms with Crippen LogP contribution >= 0.6 is 23.5 Å². The van der Waals surface area contributed by atoms with Gasteiger partial charge in [0, 0.05) is 22.4 Å². The first-order valence-electron chi connectivity index (χ1n) is 5.56. The van der Waals surface area contributed by atoms with Crippen molar-refractivity contribution in [2.45, 2.75) is 9.79 Å². The minimum absolute atomic E-state index is 0.0681. The van der Waals surface area contributed by atoms with Crippen LogP contribution in [0.15, 0.2) is 34.1 Å². The first-order valence-corrected chi connectivity index (χ1v) is 8.01. The second-order valence-corrected chi connectivity index (χ2v) is 5.64. The fourth-order valence-corrected chi connectivity index (χ4v) is 2.99. The fraction of sp³-hybridized carbons (Fsp3) is 0.231. The lowest BCUT2D eigenvalue weighted by Crippen LogP contribution is -1.99. The van der Waals surface area contributed by atoms with Gasteiger partial charge in [0.25, 0.3) is 0 Å². The third-order valence-electron chi connectivity index (χ3n) is 2.78. The lowest BCUT2D eigenvalue weighted by atomic mass is 10.1. The molecule has 2 rings (SSSR count). The van der Waals surface area contributed by atoms with Gasteiger partial charge in [-0.15, -0.1) is 23.5 Å². The third-order valence-corrected chi connectivity index (χ3v) is 4.29. The van der Waals surface area contributed by atoms with Crippen LogP contribution in [0.4, 0.5) is 0 Å². The molecule has 0 saturated carbocycles. The molecule has 0 bridgehead atoms. The van der Waals surface area contributed by atoms with E-state index in [0.717, 1.165) is 16.2 Å². The number of aryl methyl sites for hydroxylation is 1. The van der Waals surface area contributed by atoms with E-state index in [9.17, 15) is 4.79 Å². The van der Waals surface area contributed by atoms with Crippen molar-refractivity contribution in [1.29, 1.82) is 0 Å². The first-order chi connectivity index (χ1) is 9.06. The van der Waals surface area contributed by atoms with Crippen LogP contribution in [0.1, 0.15) is 10.5 Å². The summed E-state index contributed by atoms with van der Waals surface area (Å²) in [7, 11) is 1.76. The molecule has 6 heteroatoms. The summed E-state index contributed by atoms with van der Waals surface area (Å²) in [5.74, 6) is -1.01. The molecule has 1 heterocycles. The molecule has 0 aliphatic heterocycles. The lowest BCUT2D eigenvalue weighted by molar-refractivity contribution is 0.0689. The number of hydrogen-bond acceptors (Lipinski definition) is 4. The molecular formula is C13H14N2O2S2. The van der Waals surface area contributed by atoms with Crippen molar-refractivity contribution < 1.29 is 9.90 Å². The number of aromatic nitrogens is 2. The van der Waals surface area contributed by atoms with Gasteiger partial charge < -0.3 is 5.11 Å². The predicted molar refractivity (Wildman–Crippen MR) is 79.2 cm³/mol. The highest BCUT2D eigenvalue weighted by Gasteiger charge is 2.15. The van der Waals surface area contributed by atoms with Gasteiger partial charge in [0.05, 0.1) is 5.69 Å². The number of thioether (sulfide) groups is 2. The average Bonchev–Trinajstić information content (AvgIpc) is 2.80. The Morgan fingerprint density at radius 2 is 2.00 bits per heavy atom. The molecule has 0 atom stereocenters. The Balaban J connectivity index is 2.55. The minimum Gasteiger partial charge on any atom is -0.476 e. The maximum atomic E-state index is 11.0. The van der Waals surface area contributed by atoms with E-state index in [0.29, 0.717) is 0 Å². The van der Waals surface area contributed by atoms with Crippen molar-refractivity contribution in [3.05, 3.63) is 30.0 Å². The summed E-state index contributed by atoms with van der Waals surface area (Å²) in [6.45, 7) is 0. The summed E-state index contributed by atoms with van der Waals surface area (Å²) < 4.78 is 1.61. The summed E-state index contributed by atoms with van der Waals surface area (Å²) in [6, 6.07) is 7.77. The van der Waals surface area contributed by atoms with Crippen LogP contribution in [0.25, 0.3) is 11.3 Å². The summed E-state index contributed by atoms with van der Waals surface area (Å²) in [5, 5.41) is 13.0. The first kappa shape index (κ1) is 14.0. The maximum absolute atomic E-state index is 11.0. The highest BCUT2D eigenvalue weighted by molar-refractivity contribution is 7.99. The van der Waals surface area contributed by atoms with E-state index in [1.54, 1.807) is 41.3 Å². The number of carbonyl (C=O) groups is 1. The molecule has 4 nitrogen and oxygen atoms in total. The number of carboxylic acids is 1. The molecule has 1 aromatic heterocycles. The number of carboxylic acid groups (broad SMARTS) is 1. The number of nitrogens with zero attached hydrogens (tertiary/aromatic N) is 2. The predicted octanol–water partition coefficient (Wildman–Crippen LogP) is 3.23. The van der Waals surface area contributed by atoms with E-state index >= 15 is 0 Å². The highest BCUT2D eigenvalue weighted by Crippen LogP contribution is 2.33. The molecule has 0 spiro atoms. The SMILES string of the molecule is CSc1ccc(-c2cc(C(=O)O)nn2C)c(SC)c1. The smallest absolute Gasteiger partial charge is 0.356 e. The van der Waals surface area contributed by atoms with E-state index in [4.69, 9.17) is 5.11 Å². The van der Waals surface area contributed by atoms with Crippen molar-refractivity contribution in [3.63, 3.8) is 0 Å². The average molecular weight is 294 g/mol. The molecule has 0 aliphatic rings. The highest BCUT2D eigenvalue weighted by atomic mass is 32.2. The molecule has 1 aromatic carbocycles. The number of benzene rings is 1. The van der Waals surface area contributed by atoms with Gasteiger partial charge in [-0.3, -0.25) is 4.68 Å². The second-order valence-electron chi connectivity index (χ2n) is 3.91. The van der Waals surface area contributed by atoms with E-state index in [1.165, 1.54) is 4.90 Å². The van der Waals surface area contributed by atoms with Crippen molar-refractivity contribution >= 4 is 29.5 Å². The molecule has 100 valence electrons. The summed E-state index contributed by atoms with van der Waals surface area (Å²) in [4.78, 5) is 13.3. The Labute approximate surface area is 120 Å². The Morgan fingerprint density at radius 3 is 2.53 bits per heavy atom. The van der Waals surface area contributed by atoms with Crippen LogP contribution in [0.5, 0.6) is 0 Å². The van der Waals surface area contributed by atoms with Gasteiger partial charge in [0.1, 0.15) is 0 Å². The molecule has 0 unspecified atom stereocenters. The van der Waals surface area contributed by atoms with Gasteiger partial charge in [-0.05, 0) is 30.7 Å². The minimum atomic E-state index is -1.01. The molecule has 0 amide bonds. The van der Waals surface area contributed by atoms with Crippen molar-refractivity contribution in [3.8, 4) is 11.3 Å². The number of aromatic carboxylic acids is 1. The summed E-state index contributed by atoms with van der Waals surface area (Å²) >= 11 is 3.33. The van der Waals surface area contributed by atoms with E-state index in [-0.39, 0.29) is 5.69 Å². The quantitative estimate of drug-likeness (QED) is 0.877. The summed E-state index contributed by atoms with van der Waals surface area (Å²) in [5.41, 5.74) is 1.89. The molecule has 2 aromatic rings. The van der Waals surface area contributed by atoms with Gasteiger partial charge in [0.15, 0.2) is 5.69 Å². The summed E-state index contributed by atoms with van der Waals surface area (Å²) in [6.07, 6.45) is 4.04. The molecule has 1 N–H and O–H groups in total. The normalized spacial score (nSPS) is 10.7. The van der Waals surface area contributed by atoms with Crippen LogP contribution in [0.2, 0.25) is 0 Å². The van der Waals surface area contributed by atoms with Gasteiger partial charge >= 0.3 is 5.97 Å². The molecule has 0 fully saturated rings. The van der Waals surface area contributed by atoms with Crippen LogP contribution in [0, 0.1) is 0 Å². The Hall–Kier alpha value is -1.40. The Morgan fingerprint density at radius 1 is 1.26 bits per heavy atom. The van der Waals surface area contributed by atoms with Gasteiger partial charge in [-0.25, -0.2) is 4.79 Å². The van der Waals surface area contributed by atoms with Crippen LogP contribution < -0.4 is 0 Å². The van der Waals surface area contributed by atoms with Crippen molar-refractivity contribution in [2.75, 3.05) is 12.5 Å². The molecule has 0 aliphatic carbocycles. The van der Waals surface area contributed by atoms with E-state index in [1.807, 2.05) is 24.6 Å². The molecule has 0 radical (unpaired) electrons. The fourth-order valence-electron chi connectivity index (χ4n) is 1.83. The standard InChI is InChI=1S/C13H14N2O2S2/c1-15-11(7-10(14-15)13(16)17)9-5-4-8(18-2)6-12(9)19-3/h4-7H,1-3H3,(H,16,17). The van der Waals surface area contributed by atoms with Crippen molar-refractivity contribution in [1.82, 2.24) is 9.78 Å². The van der Waals surface area contributed by atoms with Gasteiger partial charge in [-0.1, -0.05) is 6.07 Å².